The van der Waals surface area contributed by atoms with Crippen LogP contribution >= 0.6 is 0 Å². The van der Waals surface area contributed by atoms with Crippen molar-refractivity contribution in [2.75, 3.05) is 25.4 Å². The molecule has 3 aromatic rings. The van der Waals surface area contributed by atoms with Crippen molar-refractivity contribution in [3.05, 3.63) is 72.3 Å². The van der Waals surface area contributed by atoms with Crippen molar-refractivity contribution in [3.63, 3.8) is 0 Å². The van der Waals surface area contributed by atoms with Crippen LogP contribution in [0.5, 0.6) is 0 Å². The Labute approximate surface area is 262 Å². The van der Waals surface area contributed by atoms with Gasteiger partial charge in [-0.2, -0.15) is 4.31 Å². The summed E-state index contributed by atoms with van der Waals surface area (Å²) in [5.74, 6) is -0.437. The van der Waals surface area contributed by atoms with Crippen molar-refractivity contribution in [1.29, 1.82) is 0 Å². The minimum absolute atomic E-state index is 0.0507. The lowest BCUT2D eigenvalue weighted by molar-refractivity contribution is -0.133. The Morgan fingerprint density at radius 1 is 0.955 bits per heavy atom. The molecule has 2 atom stereocenters. The van der Waals surface area contributed by atoms with E-state index in [2.05, 4.69) is 10.6 Å². The number of rotatable bonds is 15. The summed E-state index contributed by atoms with van der Waals surface area (Å²) in [7, 11) is -3.85. The van der Waals surface area contributed by atoms with Crippen LogP contribution in [0.2, 0.25) is 0 Å². The number of hydrogen-bond donors (Lipinski definition) is 4. The fourth-order valence-electron chi connectivity index (χ4n) is 4.93. The van der Waals surface area contributed by atoms with Crippen molar-refractivity contribution in [1.82, 2.24) is 14.9 Å². The lowest BCUT2D eigenvalue weighted by Crippen LogP contribution is -2.51. The molecule has 0 spiro atoms. The third-order valence-electron chi connectivity index (χ3n) is 7.47. The van der Waals surface area contributed by atoms with Crippen molar-refractivity contribution >= 4 is 38.3 Å². The van der Waals surface area contributed by atoms with E-state index >= 15 is 0 Å². The summed E-state index contributed by atoms with van der Waals surface area (Å²) >= 11 is 0. The highest BCUT2D eigenvalue weighted by Crippen LogP contribution is 2.23. The lowest BCUT2D eigenvalue weighted by atomic mass is 9.94. The Morgan fingerprint density at radius 3 is 2.23 bits per heavy atom. The van der Waals surface area contributed by atoms with E-state index in [0.29, 0.717) is 37.9 Å². The molecule has 0 radical (unpaired) electrons. The molecule has 0 saturated heterocycles. The number of anilines is 1. The first kappa shape index (κ1) is 35.0. The number of sulfonamides is 1. The molecule has 0 heterocycles. The fourth-order valence-corrected chi connectivity index (χ4v) is 6.74. The summed E-state index contributed by atoms with van der Waals surface area (Å²) in [5, 5.41) is 18.2. The van der Waals surface area contributed by atoms with Crippen LogP contribution in [0, 0.1) is 11.3 Å². The van der Waals surface area contributed by atoms with Gasteiger partial charge >= 0.3 is 0 Å². The SMILES string of the molecule is CC(C)CN([C@H](CO)CCCCNC(=O)[C@H](Cc1ccc2ccccc2c1)NC(=O)C(C)(C)C)S(=O)(=O)c1ccc(N)cc1. The van der Waals surface area contributed by atoms with Crippen LogP contribution in [0.4, 0.5) is 5.69 Å². The van der Waals surface area contributed by atoms with Gasteiger partial charge < -0.3 is 21.5 Å². The van der Waals surface area contributed by atoms with Crippen molar-refractivity contribution in [2.45, 2.75) is 77.3 Å². The van der Waals surface area contributed by atoms with Gasteiger partial charge in [-0.25, -0.2) is 8.42 Å². The van der Waals surface area contributed by atoms with E-state index in [1.807, 2.05) is 56.3 Å². The molecule has 0 fully saturated rings. The van der Waals surface area contributed by atoms with Gasteiger partial charge in [0.2, 0.25) is 21.8 Å². The number of carbonyl (C=O) groups excluding carboxylic acids is 2. The molecule has 2 amide bonds. The van der Waals surface area contributed by atoms with Gasteiger partial charge in [-0.15, -0.1) is 0 Å². The van der Waals surface area contributed by atoms with E-state index < -0.39 is 27.5 Å². The number of fused-ring (bicyclic) bond motifs is 1. The third kappa shape index (κ3) is 9.77. The average molecular weight is 625 g/mol. The quantitative estimate of drug-likeness (QED) is 0.145. The Kier molecular flexibility index (Phi) is 12.3. The highest BCUT2D eigenvalue weighted by Gasteiger charge is 2.32. The van der Waals surface area contributed by atoms with Gasteiger partial charge in [0.1, 0.15) is 6.04 Å². The maximum atomic E-state index is 13.5. The highest BCUT2D eigenvalue weighted by atomic mass is 32.2. The van der Waals surface area contributed by atoms with Gasteiger partial charge in [0.15, 0.2) is 0 Å². The molecular formula is C34H48N4O5S. The maximum Gasteiger partial charge on any atom is 0.243 e. The van der Waals surface area contributed by atoms with E-state index in [1.54, 1.807) is 32.9 Å². The number of amides is 2. The molecule has 3 aromatic carbocycles. The van der Waals surface area contributed by atoms with Crippen molar-refractivity contribution < 1.29 is 23.1 Å². The van der Waals surface area contributed by atoms with Gasteiger partial charge in [0, 0.05) is 36.7 Å². The minimum Gasteiger partial charge on any atom is -0.399 e. The molecule has 44 heavy (non-hydrogen) atoms. The number of unbranched alkanes of at least 4 members (excludes halogenated alkanes) is 1. The number of nitrogens with zero attached hydrogens (tertiary/aromatic N) is 1. The van der Waals surface area contributed by atoms with Gasteiger partial charge in [-0.3, -0.25) is 9.59 Å². The molecule has 3 rings (SSSR count). The Hall–Kier alpha value is -3.47. The zero-order chi connectivity index (χ0) is 32.5. The third-order valence-corrected chi connectivity index (χ3v) is 9.40. The number of benzene rings is 3. The summed E-state index contributed by atoms with van der Waals surface area (Å²) < 4.78 is 28.4. The Morgan fingerprint density at radius 2 is 1.61 bits per heavy atom. The summed E-state index contributed by atoms with van der Waals surface area (Å²) in [6.07, 6.45) is 1.93. The van der Waals surface area contributed by atoms with E-state index in [-0.39, 0.29) is 35.8 Å². The summed E-state index contributed by atoms with van der Waals surface area (Å²) in [6.45, 7) is 9.58. The first-order valence-electron chi connectivity index (χ1n) is 15.3. The van der Waals surface area contributed by atoms with Crippen LogP contribution in [0.25, 0.3) is 10.8 Å². The molecule has 0 aliphatic heterocycles. The average Bonchev–Trinajstić information content (AvgIpc) is 2.97. The van der Waals surface area contributed by atoms with E-state index in [4.69, 9.17) is 5.73 Å². The molecule has 0 saturated carbocycles. The first-order valence-corrected chi connectivity index (χ1v) is 16.7. The Balaban J connectivity index is 1.63. The molecule has 9 nitrogen and oxygen atoms in total. The van der Waals surface area contributed by atoms with Gasteiger partial charge in [0.05, 0.1) is 11.5 Å². The second kappa shape index (κ2) is 15.5. The van der Waals surface area contributed by atoms with Crippen LogP contribution in [0.1, 0.15) is 59.4 Å². The number of nitrogen functional groups attached to an aromatic ring is 1. The molecule has 0 aliphatic rings. The molecule has 0 aromatic heterocycles. The minimum atomic E-state index is -3.85. The normalized spacial score (nSPS) is 13.6. The standard InChI is InChI=1S/C34H48N4O5S/c1-24(2)22-38(44(42,43)30-17-15-28(35)16-18-30)29(23-39)12-8-9-19-36-32(40)31(37-33(41)34(3,4)5)21-25-13-14-26-10-6-7-11-27(26)20-25/h6-7,10-11,13-18,20,24,29,31,39H,8-9,12,19,21-23,35H2,1-5H3,(H,36,40)(H,37,41)/t29-,31-/m0/s1. The maximum absolute atomic E-state index is 13.5. The first-order chi connectivity index (χ1) is 20.7. The van der Waals surface area contributed by atoms with E-state index in [0.717, 1.165) is 16.3 Å². The number of nitrogens with two attached hydrogens (primary N) is 1. The number of carbonyl (C=O) groups is 2. The number of nitrogens with one attached hydrogen (secondary N) is 2. The van der Waals surface area contributed by atoms with Crippen molar-refractivity contribution in [3.8, 4) is 0 Å². The number of hydrogen-bond acceptors (Lipinski definition) is 6. The number of aliphatic hydroxyl groups is 1. The molecule has 0 bridgehead atoms. The predicted molar refractivity (Wildman–Crippen MR) is 176 cm³/mol. The summed E-state index contributed by atoms with van der Waals surface area (Å²) in [6, 6.07) is 18.7. The van der Waals surface area contributed by atoms with Crippen LogP contribution in [-0.2, 0) is 26.0 Å². The van der Waals surface area contributed by atoms with Crippen LogP contribution < -0.4 is 16.4 Å². The molecule has 240 valence electrons. The van der Waals surface area contributed by atoms with E-state index in [9.17, 15) is 23.1 Å². The molecule has 0 unspecified atom stereocenters. The summed E-state index contributed by atoms with van der Waals surface area (Å²) in [5.41, 5.74) is 6.50. The van der Waals surface area contributed by atoms with Gasteiger partial charge in [-0.05, 0) is 59.4 Å². The van der Waals surface area contributed by atoms with Crippen LogP contribution in [0.15, 0.2) is 71.6 Å². The molecule has 5 N–H and O–H groups in total. The lowest BCUT2D eigenvalue weighted by Gasteiger charge is -2.31. The second-order valence-electron chi connectivity index (χ2n) is 12.8. The zero-order valence-electron chi connectivity index (χ0n) is 26.5. The number of aliphatic hydroxyl groups excluding tert-OH is 1. The highest BCUT2D eigenvalue weighted by molar-refractivity contribution is 7.89. The van der Waals surface area contributed by atoms with Crippen LogP contribution in [-0.4, -0.2) is 61.4 Å². The van der Waals surface area contributed by atoms with E-state index in [1.165, 1.54) is 16.4 Å². The topological polar surface area (TPSA) is 142 Å². The summed E-state index contributed by atoms with van der Waals surface area (Å²) in [4.78, 5) is 26.3. The zero-order valence-corrected chi connectivity index (χ0v) is 27.4. The molecule has 10 heteroatoms. The largest absolute Gasteiger partial charge is 0.399 e. The molecular weight excluding hydrogens is 576 g/mol. The smallest absolute Gasteiger partial charge is 0.243 e. The van der Waals surface area contributed by atoms with Gasteiger partial charge in [-0.1, -0.05) is 83.5 Å². The van der Waals surface area contributed by atoms with Crippen LogP contribution in [0.3, 0.4) is 0 Å². The predicted octanol–water partition coefficient (Wildman–Crippen LogP) is 4.49. The second-order valence-corrected chi connectivity index (χ2v) is 14.7. The fraction of sp³-hybridized carbons (Fsp3) is 0.471. The Bertz CT molecular complexity index is 1500. The molecule has 0 aliphatic carbocycles. The van der Waals surface area contributed by atoms with Crippen molar-refractivity contribution in [2.24, 2.45) is 11.3 Å². The monoisotopic (exact) mass is 624 g/mol. The van der Waals surface area contributed by atoms with Gasteiger partial charge in [0.25, 0.3) is 0 Å².